The summed E-state index contributed by atoms with van der Waals surface area (Å²) in [7, 11) is 0. The lowest BCUT2D eigenvalue weighted by atomic mass is 10.0. The van der Waals surface area contributed by atoms with Gasteiger partial charge < -0.3 is 15.4 Å². The minimum atomic E-state index is -0.463. The van der Waals surface area contributed by atoms with E-state index >= 15 is 0 Å². The van der Waals surface area contributed by atoms with E-state index in [1.807, 2.05) is 35.7 Å². The van der Waals surface area contributed by atoms with Gasteiger partial charge in [-0.05, 0) is 36.8 Å². The van der Waals surface area contributed by atoms with Gasteiger partial charge in [-0.2, -0.15) is 0 Å². The lowest BCUT2D eigenvalue weighted by Gasteiger charge is -2.27. The molecule has 1 aromatic carbocycles. The average Bonchev–Trinajstić information content (AvgIpc) is 3.13. The van der Waals surface area contributed by atoms with Gasteiger partial charge in [-0.25, -0.2) is 9.59 Å². The number of rotatable bonds is 6. The van der Waals surface area contributed by atoms with Gasteiger partial charge in [-0.3, -0.25) is 0 Å². The van der Waals surface area contributed by atoms with E-state index in [2.05, 4.69) is 22.8 Å². The third-order valence-electron chi connectivity index (χ3n) is 4.00. The Hall–Kier alpha value is -2.60. The zero-order valence-electron chi connectivity index (χ0n) is 14.0. The van der Waals surface area contributed by atoms with Crippen molar-refractivity contribution in [2.45, 2.75) is 25.8 Å². The number of allylic oxidation sites excluding steroid dienone is 1. The molecule has 0 saturated carbocycles. The lowest BCUT2D eigenvalue weighted by molar-refractivity contribution is -0.139. The van der Waals surface area contributed by atoms with Crippen molar-refractivity contribution in [2.24, 2.45) is 0 Å². The molecule has 5 nitrogen and oxygen atoms in total. The van der Waals surface area contributed by atoms with Crippen LogP contribution >= 0.6 is 11.3 Å². The van der Waals surface area contributed by atoms with Crippen LogP contribution in [0.25, 0.3) is 0 Å². The minimum absolute atomic E-state index is 0.309. The summed E-state index contributed by atoms with van der Waals surface area (Å²) < 4.78 is 5.45. The molecule has 6 heteroatoms. The Morgan fingerprint density at radius 3 is 2.72 bits per heavy atom. The van der Waals surface area contributed by atoms with Crippen molar-refractivity contribution in [1.29, 1.82) is 0 Å². The molecule has 130 valence electrons. The second kappa shape index (κ2) is 7.98. The molecule has 25 heavy (non-hydrogen) atoms. The fourth-order valence-corrected chi connectivity index (χ4v) is 3.58. The van der Waals surface area contributed by atoms with Gasteiger partial charge in [0, 0.05) is 10.6 Å². The van der Waals surface area contributed by atoms with E-state index < -0.39 is 12.0 Å². The van der Waals surface area contributed by atoms with Gasteiger partial charge in [0.15, 0.2) is 0 Å². The molecule has 1 atom stereocenters. The molecular weight excluding hydrogens is 336 g/mol. The van der Waals surface area contributed by atoms with E-state index in [9.17, 15) is 9.59 Å². The molecule has 3 rings (SSSR count). The molecule has 0 spiro atoms. The van der Waals surface area contributed by atoms with Gasteiger partial charge in [0.2, 0.25) is 0 Å². The normalized spacial score (nSPS) is 17.0. The molecule has 0 fully saturated rings. The van der Waals surface area contributed by atoms with E-state index in [0.29, 0.717) is 17.9 Å². The quantitative estimate of drug-likeness (QED) is 0.614. The Labute approximate surface area is 150 Å². The Morgan fingerprint density at radius 1 is 1.20 bits per heavy atom. The zero-order valence-corrected chi connectivity index (χ0v) is 14.8. The topological polar surface area (TPSA) is 67.4 Å². The van der Waals surface area contributed by atoms with Crippen LogP contribution in [0.15, 0.2) is 59.1 Å². The maximum Gasteiger partial charge on any atom is 0.338 e. The highest BCUT2D eigenvalue weighted by Gasteiger charge is 2.32. The van der Waals surface area contributed by atoms with Gasteiger partial charge in [0.05, 0.1) is 18.2 Å². The van der Waals surface area contributed by atoms with Crippen LogP contribution in [-0.4, -0.2) is 18.6 Å². The van der Waals surface area contributed by atoms with Crippen molar-refractivity contribution >= 4 is 23.3 Å². The highest BCUT2D eigenvalue weighted by atomic mass is 32.1. The number of carbonyl (C=O) groups is 2. The lowest BCUT2D eigenvalue weighted by Crippen LogP contribution is -2.45. The van der Waals surface area contributed by atoms with Gasteiger partial charge in [-0.15, -0.1) is 11.3 Å². The molecular formula is C19H20N2O3S. The molecule has 1 aromatic heterocycles. The number of esters is 1. The van der Waals surface area contributed by atoms with Crippen LogP contribution in [0.4, 0.5) is 4.79 Å². The number of thiophene rings is 1. The summed E-state index contributed by atoms with van der Waals surface area (Å²) in [6, 6.07) is 13.1. The van der Waals surface area contributed by atoms with Crippen molar-refractivity contribution in [2.75, 3.05) is 6.61 Å². The van der Waals surface area contributed by atoms with Crippen LogP contribution in [0.3, 0.4) is 0 Å². The van der Waals surface area contributed by atoms with Crippen LogP contribution < -0.4 is 10.6 Å². The first kappa shape index (κ1) is 17.2. The smallest absolute Gasteiger partial charge is 0.338 e. The molecule has 0 aliphatic carbocycles. The summed E-state index contributed by atoms with van der Waals surface area (Å²) in [6.07, 6.45) is 1.61. The van der Waals surface area contributed by atoms with E-state index in [0.717, 1.165) is 17.7 Å². The summed E-state index contributed by atoms with van der Waals surface area (Å²) in [4.78, 5) is 25.2. The van der Waals surface area contributed by atoms with Gasteiger partial charge in [-0.1, -0.05) is 36.4 Å². The molecule has 2 amide bonds. The van der Waals surface area contributed by atoms with E-state index in [1.54, 1.807) is 6.92 Å². The van der Waals surface area contributed by atoms with Crippen molar-refractivity contribution in [3.63, 3.8) is 0 Å². The third-order valence-corrected chi connectivity index (χ3v) is 4.94. The molecule has 2 aromatic rings. The number of hydrogen-bond donors (Lipinski definition) is 2. The molecule has 0 saturated heterocycles. The van der Waals surface area contributed by atoms with Crippen molar-refractivity contribution in [3.8, 4) is 0 Å². The van der Waals surface area contributed by atoms with Crippen LogP contribution in [0.1, 0.15) is 29.8 Å². The fourth-order valence-electron chi connectivity index (χ4n) is 2.80. The number of nitrogens with one attached hydrogen (secondary N) is 2. The third kappa shape index (κ3) is 4.28. The Morgan fingerprint density at radius 2 is 2.00 bits per heavy atom. The Kier molecular flexibility index (Phi) is 5.50. The highest BCUT2D eigenvalue weighted by Crippen LogP contribution is 2.30. The van der Waals surface area contributed by atoms with Crippen LogP contribution in [0, 0.1) is 0 Å². The summed E-state index contributed by atoms with van der Waals surface area (Å²) >= 11 is 1.50. The number of urea groups is 1. The standard InChI is InChI=1S/C19H20N2O3S/c1-13-16(17(21-19(23)20-13)15-10-6-12-25-15)18(22)24-11-5-9-14-7-3-2-4-8-14/h2-4,6-8,10,12,17H,5,9,11H2,1H3,(H2,20,21,23)/t17-/m0/s1. The first-order valence-electron chi connectivity index (χ1n) is 8.18. The van der Waals surface area contributed by atoms with Crippen molar-refractivity contribution in [3.05, 3.63) is 69.6 Å². The van der Waals surface area contributed by atoms with Gasteiger partial charge >= 0.3 is 12.0 Å². The zero-order chi connectivity index (χ0) is 17.6. The van der Waals surface area contributed by atoms with Crippen molar-refractivity contribution in [1.82, 2.24) is 10.6 Å². The minimum Gasteiger partial charge on any atom is -0.462 e. The maximum atomic E-state index is 12.6. The summed E-state index contributed by atoms with van der Waals surface area (Å²) in [5.74, 6) is -0.392. The number of hydrogen-bond acceptors (Lipinski definition) is 4. The molecule has 1 aliphatic rings. The molecule has 2 heterocycles. The Balaban J connectivity index is 1.62. The predicted molar refractivity (Wildman–Crippen MR) is 97.1 cm³/mol. The summed E-state index contributed by atoms with van der Waals surface area (Å²) in [5, 5.41) is 7.37. The van der Waals surface area contributed by atoms with Gasteiger partial charge in [0.1, 0.15) is 0 Å². The number of carbonyl (C=O) groups excluding carboxylic acids is 2. The molecule has 0 bridgehead atoms. The SMILES string of the molecule is CC1=C(C(=O)OCCCc2ccccc2)[C@H](c2cccs2)NC(=O)N1. The largest absolute Gasteiger partial charge is 0.462 e. The fraction of sp³-hybridized carbons (Fsp3) is 0.263. The predicted octanol–water partition coefficient (Wildman–Crippen LogP) is 3.55. The molecule has 0 radical (unpaired) electrons. The second-order valence-corrected chi connectivity index (χ2v) is 6.79. The van der Waals surface area contributed by atoms with E-state index in [-0.39, 0.29) is 6.03 Å². The van der Waals surface area contributed by atoms with E-state index in [1.165, 1.54) is 16.9 Å². The summed E-state index contributed by atoms with van der Waals surface area (Å²) in [6.45, 7) is 2.07. The van der Waals surface area contributed by atoms with Gasteiger partial charge in [0.25, 0.3) is 0 Å². The highest BCUT2D eigenvalue weighted by molar-refractivity contribution is 7.10. The second-order valence-electron chi connectivity index (χ2n) is 5.81. The van der Waals surface area contributed by atoms with Crippen LogP contribution in [0.5, 0.6) is 0 Å². The monoisotopic (exact) mass is 356 g/mol. The number of benzene rings is 1. The first-order chi connectivity index (χ1) is 12.1. The number of amides is 2. The van der Waals surface area contributed by atoms with Crippen LogP contribution in [-0.2, 0) is 16.0 Å². The Bertz CT molecular complexity index is 769. The molecule has 0 unspecified atom stereocenters. The van der Waals surface area contributed by atoms with E-state index in [4.69, 9.17) is 4.74 Å². The first-order valence-corrected chi connectivity index (χ1v) is 9.06. The van der Waals surface area contributed by atoms with Crippen LogP contribution in [0.2, 0.25) is 0 Å². The average molecular weight is 356 g/mol. The molecule has 2 N–H and O–H groups in total. The van der Waals surface area contributed by atoms with Crippen molar-refractivity contribution < 1.29 is 14.3 Å². The maximum absolute atomic E-state index is 12.6. The number of aryl methyl sites for hydroxylation is 1. The molecule has 1 aliphatic heterocycles. The summed E-state index contributed by atoms with van der Waals surface area (Å²) in [5.41, 5.74) is 2.22. The number of ether oxygens (including phenoxy) is 1.